The third-order valence-corrected chi connectivity index (χ3v) is 3.07. The molecule has 0 spiro atoms. The number of carbonyl (C=O) groups excluding carboxylic acids is 1. The van der Waals surface area contributed by atoms with Crippen LogP contribution in [-0.2, 0) is 0 Å². The fourth-order valence-electron chi connectivity index (χ4n) is 2.01. The van der Waals surface area contributed by atoms with Crippen molar-refractivity contribution in [3.05, 3.63) is 59.4 Å². The van der Waals surface area contributed by atoms with Crippen LogP contribution in [0.15, 0.2) is 42.5 Å². The van der Waals surface area contributed by atoms with Gasteiger partial charge in [0.25, 0.3) is 5.91 Å². The van der Waals surface area contributed by atoms with E-state index < -0.39 is 11.7 Å². The average Bonchev–Trinajstić information content (AvgIpc) is 2.41. The van der Waals surface area contributed by atoms with Gasteiger partial charge in [-0.2, -0.15) is 0 Å². The zero-order chi connectivity index (χ0) is 14.7. The number of benzene rings is 2. The van der Waals surface area contributed by atoms with Crippen LogP contribution in [0.3, 0.4) is 0 Å². The normalized spacial score (nSPS) is 10.2. The molecule has 0 aliphatic rings. The Bertz CT molecular complexity index is 638. The number of amides is 1. The third-order valence-electron chi connectivity index (χ3n) is 3.07. The first-order chi connectivity index (χ1) is 9.49. The van der Waals surface area contributed by atoms with Gasteiger partial charge in [0.2, 0.25) is 0 Å². The van der Waals surface area contributed by atoms with E-state index in [1.807, 2.05) is 38.1 Å². The van der Waals surface area contributed by atoms with E-state index in [4.69, 9.17) is 0 Å². The molecule has 0 aromatic heterocycles. The number of anilines is 2. The number of nitrogens with one attached hydrogen (secondary N) is 1. The SMILES string of the molecule is Cc1ccc(NC(=O)c2ccccc2F)cc1N(C)C. The van der Waals surface area contributed by atoms with Crippen LogP contribution in [0, 0.1) is 12.7 Å². The summed E-state index contributed by atoms with van der Waals surface area (Å²) in [7, 11) is 3.87. The number of hydrogen-bond donors (Lipinski definition) is 1. The molecule has 0 atom stereocenters. The van der Waals surface area contributed by atoms with Crippen LogP contribution < -0.4 is 10.2 Å². The molecule has 4 heteroatoms. The minimum atomic E-state index is -0.523. The second-order valence-electron chi connectivity index (χ2n) is 4.83. The van der Waals surface area contributed by atoms with Gasteiger partial charge in [-0.25, -0.2) is 4.39 Å². The number of halogens is 1. The average molecular weight is 272 g/mol. The number of nitrogens with zero attached hydrogens (tertiary/aromatic N) is 1. The minimum absolute atomic E-state index is 0.0412. The third kappa shape index (κ3) is 2.96. The fraction of sp³-hybridized carbons (Fsp3) is 0.188. The summed E-state index contributed by atoms with van der Waals surface area (Å²) in [6, 6.07) is 11.5. The first kappa shape index (κ1) is 14.1. The smallest absolute Gasteiger partial charge is 0.258 e. The topological polar surface area (TPSA) is 32.3 Å². The van der Waals surface area contributed by atoms with Crippen LogP contribution >= 0.6 is 0 Å². The standard InChI is InChI=1S/C16H17FN2O/c1-11-8-9-12(10-15(11)19(2)3)18-16(20)13-6-4-5-7-14(13)17/h4-10H,1-3H3,(H,18,20). The van der Waals surface area contributed by atoms with Crippen LogP contribution in [0.4, 0.5) is 15.8 Å². The summed E-state index contributed by atoms with van der Waals surface area (Å²) in [5, 5.41) is 2.72. The van der Waals surface area contributed by atoms with Gasteiger partial charge in [0, 0.05) is 25.5 Å². The van der Waals surface area contributed by atoms with Crippen molar-refractivity contribution >= 4 is 17.3 Å². The molecule has 0 fully saturated rings. The van der Waals surface area contributed by atoms with E-state index in [9.17, 15) is 9.18 Å². The number of carbonyl (C=O) groups is 1. The van der Waals surface area contributed by atoms with Gasteiger partial charge in [-0.15, -0.1) is 0 Å². The highest BCUT2D eigenvalue weighted by Gasteiger charge is 2.11. The van der Waals surface area contributed by atoms with Gasteiger partial charge in [0.1, 0.15) is 5.82 Å². The lowest BCUT2D eigenvalue weighted by Gasteiger charge is -2.17. The molecule has 2 aromatic rings. The number of aryl methyl sites for hydroxylation is 1. The van der Waals surface area contributed by atoms with Crippen molar-refractivity contribution in [2.24, 2.45) is 0 Å². The molecular weight excluding hydrogens is 255 g/mol. The van der Waals surface area contributed by atoms with Crippen molar-refractivity contribution in [2.75, 3.05) is 24.3 Å². The Balaban J connectivity index is 2.25. The molecule has 0 bridgehead atoms. The van der Waals surface area contributed by atoms with Crippen molar-refractivity contribution in [1.82, 2.24) is 0 Å². The first-order valence-corrected chi connectivity index (χ1v) is 6.33. The van der Waals surface area contributed by atoms with E-state index in [-0.39, 0.29) is 5.56 Å². The summed E-state index contributed by atoms with van der Waals surface area (Å²) in [6.07, 6.45) is 0. The Morgan fingerprint density at radius 3 is 2.50 bits per heavy atom. The predicted molar refractivity (Wildman–Crippen MR) is 79.9 cm³/mol. The van der Waals surface area contributed by atoms with Gasteiger partial charge in [-0.3, -0.25) is 4.79 Å². The van der Waals surface area contributed by atoms with Crippen molar-refractivity contribution in [3.8, 4) is 0 Å². The van der Waals surface area contributed by atoms with E-state index in [2.05, 4.69) is 5.32 Å². The minimum Gasteiger partial charge on any atom is -0.377 e. The predicted octanol–water partition coefficient (Wildman–Crippen LogP) is 3.45. The molecule has 0 saturated carbocycles. The number of hydrogen-bond acceptors (Lipinski definition) is 2. The lowest BCUT2D eigenvalue weighted by atomic mass is 10.1. The maximum atomic E-state index is 13.5. The highest BCUT2D eigenvalue weighted by atomic mass is 19.1. The molecule has 0 aliphatic heterocycles. The van der Waals surface area contributed by atoms with Gasteiger partial charge >= 0.3 is 0 Å². The van der Waals surface area contributed by atoms with Gasteiger partial charge in [-0.05, 0) is 36.8 Å². The summed E-state index contributed by atoms with van der Waals surface area (Å²) in [6.45, 7) is 2.00. The molecule has 1 N–H and O–H groups in total. The van der Waals surface area contributed by atoms with E-state index in [0.717, 1.165) is 11.3 Å². The Morgan fingerprint density at radius 2 is 1.85 bits per heavy atom. The summed E-state index contributed by atoms with van der Waals surface area (Å²) in [5.41, 5.74) is 2.81. The number of rotatable bonds is 3. The molecule has 104 valence electrons. The highest BCUT2D eigenvalue weighted by molar-refractivity contribution is 6.04. The Kier molecular flexibility index (Phi) is 4.03. The fourth-order valence-corrected chi connectivity index (χ4v) is 2.01. The van der Waals surface area contributed by atoms with Crippen LogP contribution in [0.1, 0.15) is 15.9 Å². The molecule has 20 heavy (non-hydrogen) atoms. The van der Waals surface area contributed by atoms with E-state index in [0.29, 0.717) is 5.69 Å². The zero-order valence-electron chi connectivity index (χ0n) is 11.8. The molecule has 2 aromatic carbocycles. The van der Waals surface area contributed by atoms with Crippen LogP contribution in [0.5, 0.6) is 0 Å². The molecule has 0 unspecified atom stereocenters. The summed E-state index contributed by atoms with van der Waals surface area (Å²) >= 11 is 0. The van der Waals surface area contributed by atoms with Crippen LogP contribution in [0.25, 0.3) is 0 Å². The van der Waals surface area contributed by atoms with Gasteiger partial charge in [0.15, 0.2) is 0 Å². The summed E-state index contributed by atoms with van der Waals surface area (Å²) in [5.74, 6) is -0.971. The quantitative estimate of drug-likeness (QED) is 0.928. The molecule has 0 saturated heterocycles. The second kappa shape index (κ2) is 5.74. The zero-order valence-corrected chi connectivity index (χ0v) is 11.8. The highest BCUT2D eigenvalue weighted by Crippen LogP contribution is 2.23. The van der Waals surface area contributed by atoms with E-state index >= 15 is 0 Å². The van der Waals surface area contributed by atoms with E-state index in [1.165, 1.54) is 12.1 Å². The Hall–Kier alpha value is -2.36. The lowest BCUT2D eigenvalue weighted by molar-refractivity contribution is 0.102. The second-order valence-corrected chi connectivity index (χ2v) is 4.83. The van der Waals surface area contributed by atoms with Gasteiger partial charge < -0.3 is 10.2 Å². The lowest BCUT2D eigenvalue weighted by Crippen LogP contribution is -2.15. The first-order valence-electron chi connectivity index (χ1n) is 6.33. The molecule has 0 radical (unpaired) electrons. The largest absolute Gasteiger partial charge is 0.377 e. The van der Waals surface area contributed by atoms with E-state index in [1.54, 1.807) is 18.2 Å². The van der Waals surface area contributed by atoms with Crippen molar-refractivity contribution in [2.45, 2.75) is 6.92 Å². The molecular formula is C16H17FN2O. The summed E-state index contributed by atoms with van der Waals surface area (Å²) in [4.78, 5) is 14.0. The van der Waals surface area contributed by atoms with Crippen molar-refractivity contribution in [3.63, 3.8) is 0 Å². The van der Waals surface area contributed by atoms with Crippen LogP contribution in [-0.4, -0.2) is 20.0 Å². The summed E-state index contributed by atoms with van der Waals surface area (Å²) < 4.78 is 13.5. The van der Waals surface area contributed by atoms with Crippen LogP contribution in [0.2, 0.25) is 0 Å². The molecule has 2 rings (SSSR count). The molecule has 1 amide bonds. The molecule has 3 nitrogen and oxygen atoms in total. The van der Waals surface area contributed by atoms with Crippen molar-refractivity contribution < 1.29 is 9.18 Å². The molecule has 0 aliphatic carbocycles. The van der Waals surface area contributed by atoms with Crippen molar-refractivity contribution in [1.29, 1.82) is 0 Å². The Morgan fingerprint density at radius 1 is 1.15 bits per heavy atom. The maximum Gasteiger partial charge on any atom is 0.258 e. The van der Waals surface area contributed by atoms with Gasteiger partial charge in [0.05, 0.1) is 5.56 Å². The Labute approximate surface area is 118 Å². The molecule has 0 heterocycles. The maximum absolute atomic E-state index is 13.5. The monoisotopic (exact) mass is 272 g/mol. The van der Waals surface area contributed by atoms with Gasteiger partial charge in [-0.1, -0.05) is 18.2 Å².